The lowest BCUT2D eigenvalue weighted by molar-refractivity contribution is 0.184. The molecule has 1 atom stereocenters. The normalized spacial score (nSPS) is 19.8. The summed E-state index contributed by atoms with van der Waals surface area (Å²) in [6.45, 7) is 2.68. The monoisotopic (exact) mass is 328 g/mol. The van der Waals surface area contributed by atoms with Gasteiger partial charge in [0.25, 0.3) is 0 Å². The molecule has 1 aromatic carbocycles. The van der Waals surface area contributed by atoms with E-state index in [-0.39, 0.29) is 29.4 Å². The fourth-order valence-corrected chi connectivity index (χ4v) is 4.43. The number of rotatable bonds is 5. The Labute approximate surface area is 130 Å². The highest BCUT2D eigenvalue weighted by Gasteiger charge is 2.33. The minimum atomic E-state index is -3.02. The molecular formula is C15H21FN2O3S. The maximum atomic E-state index is 13.1. The smallest absolute Gasteiger partial charge is 0.317 e. The van der Waals surface area contributed by atoms with Gasteiger partial charge in [-0.15, -0.1) is 0 Å². The largest absolute Gasteiger partial charge is 0.338 e. The minimum absolute atomic E-state index is 0.0398. The number of amides is 2. The van der Waals surface area contributed by atoms with Crippen molar-refractivity contribution in [2.45, 2.75) is 25.8 Å². The Morgan fingerprint density at radius 1 is 1.45 bits per heavy atom. The van der Waals surface area contributed by atoms with Crippen molar-refractivity contribution in [2.24, 2.45) is 0 Å². The van der Waals surface area contributed by atoms with Crippen LogP contribution in [0.2, 0.25) is 0 Å². The molecule has 1 heterocycles. The van der Waals surface area contributed by atoms with E-state index in [0.29, 0.717) is 25.9 Å². The molecule has 1 saturated heterocycles. The van der Waals surface area contributed by atoms with Crippen LogP contribution in [0.25, 0.3) is 0 Å². The molecule has 122 valence electrons. The quantitative estimate of drug-likeness (QED) is 0.892. The Morgan fingerprint density at radius 3 is 2.82 bits per heavy atom. The van der Waals surface area contributed by atoms with E-state index in [1.54, 1.807) is 17.0 Å². The van der Waals surface area contributed by atoms with Crippen molar-refractivity contribution < 1.29 is 17.6 Å². The maximum Gasteiger partial charge on any atom is 0.317 e. The summed E-state index contributed by atoms with van der Waals surface area (Å²) < 4.78 is 36.1. The van der Waals surface area contributed by atoms with Gasteiger partial charge in [-0.25, -0.2) is 17.6 Å². The van der Waals surface area contributed by atoms with Gasteiger partial charge < -0.3 is 10.2 Å². The first-order valence-corrected chi connectivity index (χ1v) is 9.23. The van der Waals surface area contributed by atoms with E-state index in [4.69, 9.17) is 0 Å². The molecule has 2 amide bonds. The summed E-state index contributed by atoms with van der Waals surface area (Å²) >= 11 is 0. The van der Waals surface area contributed by atoms with E-state index in [9.17, 15) is 17.6 Å². The second kappa shape index (κ2) is 7.09. The van der Waals surface area contributed by atoms with Crippen LogP contribution in [-0.4, -0.2) is 50.0 Å². The van der Waals surface area contributed by atoms with E-state index in [0.717, 1.165) is 5.56 Å². The number of carbonyl (C=O) groups is 1. The van der Waals surface area contributed by atoms with Crippen LogP contribution in [0.3, 0.4) is 0 Å². The zero-order valence-electron chi connectivity index (χ0n) is 12.6. The molecule has 0 saturated carbocycles. The summed E-state index contributed by atoms with van der Waals surface area (Å²) in [5.41, 5.74) is 0.812. The van der Waals surface area contributed by atoms with Gasteiger partial charge in [-0.05, 0) is 37.5 Å². The Balaban J connectivity index is 1.85. The number of nitrogens with one attached hydrogen (secondary N) is 1. The van der Waals surface area contributed by atoms with Crippen LogP contribution in [0.4, 0.5) is 9.18 Å². The van der Waals surface area contributed by atoms with Crippen LogP contribution < -0.4 is 5.32 Å². The van der Waals surface area contributed by atoms with Gasteiger partial charge >= 0.3 is 6.03 Å². The van der Waals surface area contributed by atoms with Gasteiger partial charge in [-0.3, -0.25) is 0 Å². The molecule has 22 heavy (non-hydrogen) atoms. The Hall–Kier alpha value is -1.63. The number of hydrogen-bond acceptors (Lipinski definition) is 3. The standard InChI is InChI=1S/C15H21FN2O3S/c1-2-18(14-7-9-22(20,21)11-14)15(19)17-8-6-12-4-3-5-13(16)10-12/h3-5,10,14H,2,6-9,11H2,1H3,(H,17,19). The highest BCUT2D eigenvalue weighted by molar-refractivity contribution is 7.91. The summed E-state index contributed by atoms with van der Waals surface area (Å²) in [4.78, 5) is 13.7. The van der Waals surface area contributed by atoms with Crippen molar-refractivity contribution in [1.29, 1.82) is 0 Å². The second-order valence-corrected chi connectivity index (χ2v) is 7.68. The first kappa shape index (κ1) is 16.7. The number of sulfone groups is 1. The predicted octanol–water partition coefficient (Wildman–Crippen LogP) is 1.59. The van der Waals surface area contributed by atoms with Gasteiger partial charge in [0.2, 0.25) is 0 Å². The van der Waals surface area contributed by atoms with Crippen molar-refractivity contribution >= 4 is 15.9 Å². The summed E-state index contributed by atoms with van der Waals surface area (Å²) in [6, 6.07) is 5.74. The third-order valence-corrected chi connectivity index (χ3v) is 5.58. The van der Waals surface area contributed by atoms with Gasteiger partial charge in [0.05, 0.1) is 11.5 Å². The zero-order valence-corrected chi connectivity index (χ0v) is 13.4. The topological polar surface area (TPSA) is 66.5 Å². The first-order valence-electron chi connectivity index (χ1n) is 7.40. The third-order valence-electron chi connectivity index (χ3n) is 3.83. The molecule has 0 bridgehead atoms. The van der Waals surface area contributed by atoms with Crippen molar-refractivity contribution in [3.63, 3.8) is 0 Å². The molecular weight excluding hydrogens is 307 g/mol. The molecule has 1 N–H and O–H groups in total. The van der Waals surface area contributed by atoms with E-state index in [1.165, 1.54) is 12.1 Å². The van der Waals surface area contributed by atoms with Crippen molar-refractivity contribution in [3.05, 3.63) is 35.6 Å². The Bertz CT molecular complexity index is 633. The molecule has 0 aliphatic carbocycles. The van der Waals surface area contributed by atoms with E-state index < -0.39 is 9.84 Å². The SMILES string of the molecule is CCN(C(=O)NCCc1cccc(F)c1)C1CCS(=O)(=O)C1. The minimum Gasteiger partial charge on any atom is -0.338 e. The maximum absolute atomic E-state index is 13.1. The summed E-state index contributed by atoms with van der Waals surface area (Å²) in [5, 5.41) is 2.78. The van der Waals surface area contributed by atoms with Crippen LogP contribution in [0.5, 0.6) is 0 Å². The average molecular weight is 328 g/mol. The van der Waals surface area contributed by atoms with Crippen molar-refractivity contribution in [2.75, 3.05) is 24.6 Å². The number of benzene rings is 1. The molecule has 1 aliphatic rings. The molecule has 5 nitrogen and oxygen atoms in total. The van der Waals surface area contributed by atoms with Gasteiger partial charge in [0, 0.05) is 19.1 Å². The summed E-state index contributed by atoms with van der Waals surface area (Å²) in [5.74, 6) is -0.113. The fraction of sp³-hybridized carbons (Fsp3) is 0.533. The lowest BCUT2D eigenvalue weighted by Gasteiger charge is -2.27. The van der Waals surface area contributed by atoms with Gasteiger partial charge in [0.1, 0.15) is 5.82 Å². The fourth-order valence-electron chi connectivity index (χ4n) is 2.70. The first-order chi connectivity index (χ1) is 10.4. The van der Waals surface area contributed by atoms with Crippen LogP contribution in [0, 0.1) is 5.82 Å². The van der Waals surface area contributed by atoms with Crippen LogP contribution in [-0.2, 0) is 16.3 Å². The predicted molar refractivity (Wildman–Crippen MR) is 82.9 cm³/mol. The van der Waals surface area contributed by atoms with E-state index in [1.807, 2.05) is 6.92 Å². The molecule has 0 radical (unpaired) electrons. The lowest BCUT2D eigenvalue weighted by atomic mass is 10.1. The molecule has 1 unspecified atom stereocenters. The van der Waals surface area contributed by atoms with Crippen LogP contribution >= 0.6 is 0 Å². The number of carbonyl (C=O) groups excluding carboxylic acids is 1. The van der Waals surface area contributed by atoms with E-state index >= 15 is 0 Å². The highest BCUT2D eigenvalue weighted by Crippen LogP contribution is 2.17. The highest BCUT2D eigenvalue weighted by atomic mass is 32.2. The van der Waals surface area contributed by atoms with E-state index in [2.05, 4.69) is 5.32 Å². The third kappa shape index (κ3) is 4.43. The van der Waals surface area contributed by atoms with Crippen LogP contribution in [0.15, 0.2) is 24.3 Å². The average Bonchev–Trinajstić information content (AvgIpc) is 2.80. The molecule has 1 aliphatic heterocycles. The second-order valence-electron chi connectivity index (χ2n) is 5.45. The number of urea groups is 1. The Kier molecular flexibility index (Phi) is 5.39. The molecule has 1 aromatic rings. The van der Waals surface area contributed by atoms with Gasteiger partial charge in [-0.2, -0.15) is 0 Å². The van der Waals surface area contributed by atoms with Crippen LogP contribution in [0.1, 0.15) is 18.9 Å². The van der Waals surface area contributed by atoms with Crippen molar-refractivity contribution in [3.8, 4) is 0 Å². The van der Waals surface area contributed by atoms with Gasteiger partial charge in [0.15, 0.2) is 9.84 Å². The lowest BCUT2D eigenvalue weighted by Crippen LogP contribution is -2.47. The summed E-state index contributed by atoms with van der Waals surface area (Å²) in [6.07, 6.45) is 1.03. The van der Waals surface area contributed by atoms with Crippen molar-refractivity contribution in [1.82, 2.24) is 10.2 Å². The summed E-state index contributed by atoms with van der Waals surface area (Å²) in [7, 11) is -3.02. The molecule has 7 heteroatoms. The number of hydrogen-bond donors (Lipinski definition) is 1. The molecule has 2 rings (SSSR count). The van der Waals surface area contributed by atoms with Gasteiger partial charge in [-0.1, -0.05) is 12.1 Å². The zero-order chi connectivity index (χ0) is 16.2. The Morgan fingerprint density at radius 2 is 2.23 bits per heavy atom. The number of halogens is 1. The number of nitrogens with zero attached hydrogens (tertiary/aromatic N) is 1. The molecule has 0 spiro atoms. The molecule has 0 aromatic heterocycles. The molecule has 1 fully saturated rings.